The van der Waals surface area contributed by atoms with Gasteiger partial charge in [0.25, 0.3) is 5.78 Å². The maximum absolute atomic E-state index is 12.0. The van der Waals surface area contributed by atoms with Crippen molar-refractivity contribution in [2.24, 2.45) is 0 Å². The summed E-state index contributed by atoms with van der Waals surface area (Å²) < 4.78 is 5.66. The number of hydrogen-bond acceptors (Lipinski definition) is 5. The first-order chi connectivity index (χ1) is 9.04. The summed E-state index contributed by atoms with van der Waals surface area (Å²) in [4.78, 5) is 28.0. The van der Waals surface area contributed by atoms with E-state index in [4.69, 9.17) is 4.74 Å². The number of carbonyl (C=O) groups excluding carboxylic acids is 2. The molecule has 0 N–H and O–H groups in total. The molecule has 4 nitrogen and oxygen atoms in total. The lowest BCUT2D eigenvalue weighted by Crippen LogP contribution is -2.17. The average molecular weight is 277 g/mol. The fourth-order valence-electron chi connectivity index (χ4n) is 1.70. The molecule has 0 aliphatic carbocycles. The highest BCUT2D eigenvalue weighted by Crippen LogP contribution is 2.29. The molecule has 0 saturated heterocycles. The molecule has 100 valence electrons. The molecule has 0 fully saturated rings. The number of rotatable bonds is 4. The highest BCUT2D eigenvalue weighted by molar-refractivity contribution is 7.18. The van der Waals surface area contributed by atoms with Gasteiger partial charge in [-0.05, 0) is 19.1 Å². The summed E-state index contributed by atoms with van der Waals surface area (Å²) in [5, 5.41) is 0.958. The quantitative estimate of drug-likeness (QED) is 0.489. The van der Waals surface area contributed by atoms with E-state index >= 15 is 0 Å². The topological polar surface area (TPSA) is 56.3 Å². The third kappa shape index (κ3) is 2.66. The number of Topliss-reactive ketones (excluding diaryl/α,β-unsaturated/α-hetero) is 1. The molecule has 1 aromatic heterocycles. The Morgan fingerprint density at radius 3 is 2.74 bits per heavy atom. The number of carbonyl (C=O) groups is 2. The number of ketones is 1. The molecule has 0 atom stereocenters. The zero-order valence-corrected chi connectivity index (χ0v) is 11.9. The van der Waals surface area contributed by atoms with Gasteiger partial charge in [0, 0.05) is 5.92 Å². The van der Waals surface area contributed by atoms with Crippen LogP contribution in [-0.2, 0) is 9.53 Å². The predicted octanol–water partition coefficient (Wildman–Crippen LogP) is 3.17. The van der Waals surface area contributed by atoms with Crippen molar-refractivity contribution in [1.29, 1.82) is 0 Å². The van der Waals surface area contributed by atoms with Gasteiger partial charge in [0.15, 0.2) is 0 Å². The molecule has 0 saturated carbocycles. The van der Waals surface area contributed by atoms with E-state index in [9.17, 15) is 9.59 Å². The molecule has 2 rings (SSSR count). The van der Waals surface area contributed by atoms with E-state index in [2.05, 4.69) is 4.98 Å². The third-order valence-corrected chi connectivity index (χ3v) is 3.96. The van der Waals surface area contributed by atoms with Crippen LogP contribution in [0.25, 0.3) is 10.2 Å². The molecule has 1 aromatic carbocycles. The van der Waals surface area contributed by atoms with Crippen LogP contribution in [0.1, 0.15) is 42.1 Å². The second kappa shape index (κ2) is 5.48. The Kier molecular flexibility index (Phi) is 3.95. The van der Waals surface area contributed by atoms with Crippen LogP contribution in [0, 0.1) is 0 Å². The number of para-hydroxylation sites is 1. The van der Waals surface area contributed by atoms with Crippen LogP contribution >= 0.6 is 11.3 Å². The summed E-state index contributed by atoms with van der Waals surface area (Å²) in [6, 6.07) is 5.28. The van der Waals surface area contributed by atoms with Crippen molar-refractivity contribution in [3.8, 4) is 0 Å². The summed E-state index contributed by atoms with van der Waals surface area (Å²) in [6.45, 7) is 5.95. The van der Waals surface area contributed by atoms with Crippen molar-refractivity contribution >= 4 is 33.3 Å². The highest BCUT2D eigenvalue weighted by atomic mass is 32.1. The van der Waals surface area contributed by atoms with Gasteiger partial charge >= 0.3 is 5.97 Å². The predicted molar refractivity (Wildman–Crippen MR) is 74.7 cm³/mol. The Labute approximate surface area is 115 Å². The van der Waals surface area contributed by atoms with Crippen LogP contribution in [-0.4, -0.2) is 23.3 Å². The number of nitrogens with zero attached hydrogens (tertiary/aromatic N) is 1. The van der Waals surface area contributed by atoms with E-state index in [-0.39, 0.29) is 6.61 Å². The van der Waals surface area contributed by atoms with Gasteiger partial charge in [0.1, 0.15) is 0 Å². The summed E-state index contributed by atoms with van der Waals surface area (Å²) >= 11 is 1.55. The van der Waals surface area contributed by atoms with Crippen molar-refractivity contribution < 1.29 is 14.3 Å². The van der Waals surface area contributed by atoms with Gasteiger partial charge in [-0.3, -0.25) is 4.79 Å². The van der Waals surface area contributed by atoms with Crippen molar-refractivity contribution in [1.82, 2.24) is 4.98 Å². The smallest absolute Gasteiger partial charge is 0.379 e. The molecule has 0 amide bonds. The van der Waals surface area contributed by atoms with Crippen LogP contribution in [0.15, 0.2) is 18.2 Å². The summed E-state index contributed by atoms with van der Waals surface area (Å²) in [7, 11) is 0. The largest absolute Gasteiger partial charge is 0.460 e. The first-order valence-electron chi connectivity index (χ1n) is 6.15. The molecule has 0 aliphatic heterocycles. The van der Waals surface area contributed by atoms with E-state index in [1.807, 2.05) is 19.9 Å². The molecular weight excluding hydrogens is 262 g/mol. The van der Waals surface area contributed by atoms with Crippen LogP contribution in [0.5, 0.6) is 0 Å². The number of hydrogen-bond donors (Lipinski definition) is 0. The fourth-order valence-corrected chi connectivity index (χ4v) is 2.70. The average Bonchev–Trinajstić information content (AvgIpc) is 2.82. The van der Waals surface area contributed by atoms with Gasteiger partial charge in [-0.2, -0.15) is 0 Å². The normalized spacial score (nSPS) is 10.9. The van der Waals surface area contributed by atoms with Gasteiger partial charge in [-0.25, -0.2) is 9.78 Å². The number of fused-ring (bicyclic) bond motifs is 1. The number of benzene rings is 1. The summed E-state index contributed by atoms with van der Waals surface area (Å²) in [5.74, 6) is -1.16. The monoisotopic (exact) mass is 277 g/mol. The van der Waals surface area contributed by atoms with E-state index in [0.29, 0.717) is 17.0 Å². The fraction of sp³-hybridized carbons (Fsp3) is 0.357. The molecule has 0 spiro atoms. The maximum atomic E-state index is 12.0. The van der Waals surface area contributed by atoms with Gasteiger partial charge in [-0.1, -0.05) is 19.9 Å². The van der Waals surface area contributed by atoms with Crippen molar-refractivity contribution in [2.75, 3.05) is 6.61 Å². The summed E-state index contributed by atoms with van der Waals surface area (Å²) in [5.41, 5.74) is 0.911. The van der Waals surface area contributed by atoms with Crippen LogP contribution in [0.4, 0.5) is 0 Å². The third-order valence-electron chi connectivity index (χ3n) is 2.63. The lowest BCUT2D eigenvalue weighted by molar-refractivity contribution is -0.137. The molecular formula is C14H15NO3S. The molecule has 1 heterocycles. The number of aromatic nitrogens is 1. The van der Waals surface area contributed by atoms with E-state index in [1.165, 1.54) is 0 Å². The Morgan fingerprint density at radius 2 is 2.11 bits per heavy atom. The molecule has 2 aromatic rings. The Balaban J connectivity index is 2.48. The number of thiazole rings is 1. The molecule has 19 heavy (non-hydrogen) atoms. The minimum atomic E-state index is -0.825. The second-order valence-corrected chi connectivity index (χ2v) is 5.47. The SMILES string of the molecule is CCOC(=O)C(=O)c1cccc2sc(C(C)C)nc12. The van der Waals surface area contributed by atoms with Crippen LogP contribution in [0.3, 0.4) is 0 Å². The molecule has 5 heteroatoms. The zero-order valence-electron chi connectivity index (χ0n) is 11.1. The molecule has 0 unspecified atom stereocenters. The van der Waals surface area contributed by atoms with E-state index < -0.39 is 11.8 Å². The van der Waals surface area contributed by atoms with Gasteiger partial charge in [0.2, 0.25) is 0 Å². The van der Waals surface area contributed by atoms with Gasteiger partial charge < -0.3 is 4.74 Å². The minimum absolute atomic E-state index is 0.189. The van der Waals surface area contributed by atoms with Crippen LogP contribution < -0.4 is 0 Å². The highest BCUT2D eigenvalue weighted by Gasteiger charge is 2.22. The van der Waals surface area contributed by atoms with Gasteiger partial charge in [0.05, 0.1) is 27.4 Å². The van der Waals surface area contributed by atoms with E-state index in [1.54, 1.807) is 30.4 Å². The van der Waals surface area contributed by atoms with E-state index in [0.717, 1.165) is 9.71 Å². The Morgan fingerprint density at radius 1 is 1.37 bits per heavy atom. The van der Waals surface area contributed by atoms with Crippen molar-refractivity contribution in [3.63, 3.8) is 0 Å². The number of ether oxygens (including phenoxy) is 1. The second-order valence-electron chi connectivity index (χ2n) is 4.41. The first kappa shape index (κ1) is 13.7. The van der Waals surface area contributed by atoms with Crippen molar-refractivity contribution in [2.45, 2.75) is 26.7 Å². The summed E-state index contributed by atoms with van der Waals surface area (Å²) in [6.07, 6.45) is 0. The van der Waals surface area contributed by atoms with Crippen LogP contribution in [0.2, 0.25) is 0 Å². The number of esters is 1. The Bertz CT molecular complexity index is 631. The lowest BCUT2D eigenvalue weighted by atomic mass is 10.1. The molecule has 0 aliphatic rings. The molecule has 0 radical (unpaired) electrons. The standard InChI is InChI=1S/C14H15NO3S/c1-4-18-14(17)12(16)9-6-5-7-10-11(9)15-13(19-10)8(2)3/h5-8H,4H2,1-3H3. The maximum Gasteiger partial charge on any atom is 0.379 e. The van der Waals surface area contributed by atoms with Crippen molar-refractivity contribution in [3.05, 3.63) is 28.8 Å². The van der Waals surface area contributed by atoms with Gasteiger partial charge in [-0.15, -0.1) is 11.3 Å². The first-order valence-corrected chi connectivity index (χ1v) is 6.97. The zero-order chi connectivity index (χ0) is 14.0. The minimum Gasteiger partial charge on any atom is -0.460 e. The Hall–Kier alpha value is -1.75. The lowest BCUT2D eigenvalue weighted by Gasteiger charge is -2.01. The molecule has 0 bridgehead atoms.